The zero-order chi connectivity index (χ0) is 21.2. The lowest BCUT2D eigenvalue weighted by Crippen LogP contribution is -2.34. The summed E-state index contributed by atoms with van der Waals surface area (Å²) >= 11 is 0. The third-order valence-corrected chi connectivity index (χ3v) is 7.73. The van der Waals surface area contributed by atoms with Gasteiger partial charge in [-0.25, -0.2) is 16.8 Å². The Morgan fingerprint density at radius 2 is 1.55 bits per heavy atom. The highest BCUT2D eigenvalue weighted by atomic mass is 32.2. The third-order valence-electron chi connectivity index (χ3n) is 5.49. The van der Waals surface area contributed by atoms with Crippen LogP contribution in [-0.4, -0.2) is 47.5 Å². The summed E-state index contributed by atoms with van der Waals surface area (Å²) in [6.45, 7) is 1.47. The molecule has 29 heavy (non-hydrogen) atoms. The van der Waals surface area contributed by atoms with Gasteiger partial charge < -0.3 is 10.0 Å². The maximum atomic E-state index is 12.3. The summed E-state index contributed by atoms with van der Waals surface area (Å²) in [5, 5.41) is 9.37. The molecule has 6 nitrogen and oxygen atoms in total. The molecule has 2 aromatic carbocycles. The summed E-state index contributed by atoms with van der Waals surface area (Å²) in [5.74, 6) is 0.822. The fourth-order valence-electron chi connectivity index (χ4n) is 3.78. The summed E-state index contributed by atoms with van der Waals surface area (Å²) < 4.78 is 48.2. The fourth-order valence-corrected chi connectivity index (χ4v) is 5.42. The minimum atomic E-state index is -3.56. The van der Waals surface area contributed by atoms with E-state index in [0.717, 1.165) is 51.3 Å². The van der Waals surface area contributed by atoms with Gasteiger partial charge in [0, 0.05) is 25.6 Å². The lowest BCUT2D eigenvalue weighted by Gasteiger charge is -2.34. The number of nitrogens with zero attached hydrogens (tertiary/aromatic N) is 1. The predicted molar refractivity (Wildman–Crippen MR) is 114 cm³/mol. The van der Waals surface area contributed by atoms with Crippen LogP contribution >= 0.6 is 0 Å². The number of sulfone groups is 2. The minimum Gasteiger partial charge on any atom is -0.508 e. The van der Waals surface area contributed by atoms with Crippen molar-refractivity contribution in [1.29, 1.82) is 0 Å². The van der Waals surface area contributed by atoms with E-state index in [2.05, 4.69) is 0 Å². The highest BCUT2D eigenvalue weighted by molar-refractivity contribution is 7.91. The first-order valence-electron chi connectivity index (χ1n) is 9.61. The molecule has 0 amide bonds. The van der Waals surface area contributed by atoms with E-state index >= 15 is 0 Å². The third kappa shape index (κ3) is 5.51. The van der Waals surface area contributed by atoms with Gasteiger partial charge in [-0.15, -0.1) is 0 Å². The Balaban J connectivity index is 1.69. The average Bonchev–Trinajstić information content (AvgIpc) is 2.66. The van der Waals surface area contributed by atoms with Crippen molar-refractivity contribution in [3.63, 3.8) is 0 Å². The molecule has 0 aliphatic carbocycles. The highest BCUT2D eigenvalue weighted by Gasteiger charge is 2.25. The van der Waals surface area contributed by atoms with Crippen LogP contribution in [0.1, 0.15) is 24.8 Å². The van der Waals surface area contributed by atoms with Crippen LogP contribution in [0.4, 0.5) is 5.69 Å². The van der Waals surface area contributed by atoms with Gasteiger partial charge in [-0.3, -0.25) is 0 Å². The van der Waals surface area contributed by atoms with Crippen LogP contribution in [0.3, 0.4) is 0 Å². The standard InChI is InChI=1S/C21H27NO5S2/c1-28(24,25)19-9-10-20(21(15-19)29(2,26)27)22-13-11-17(12-14-22)4-3-16-5-7-18(23)8-6-16/h5-10,15,17,23H,3-4,11-14H2,1-2H3. The number of phenols is 1. The molecule has 0 bridgehead atoms. The lowest BCUT2D eigenvalue weighted by molar-refractivity contribution is 0.381. The molecule has 0 unspecified atom stereocenters. The Morgan fingerprint density at radius 1 is 0.931 bits per heavy atom. The van der Waals surface area contributed by atoms with Crippen LogP contribution in [0, 0.1) is 5.92 Å². The summed E-state index contributed by atoms with van der Waals surface area (Å²) in [7, 11) is -7.03. The highest BCUT2D eigenvalue weighted by Crippen LogP contribution is 2.32. The van der Waals surface area contributed by atoms with Crippen LogP contribution in [0.5, 0.6) is 5.75 Å². The topological polar surface area (TPSA) is 91.8 Å². The van der Waals surface area contributed by atoms with E-state index in [9.17, 15) is 21.9 Å². The number of hydrogen-bond acceptors (Lipinski definition) is 6. The van der Waals surface area contributed by atoms with Crippen molar-refractivity contribution in [2.75, 3.05) is 30.5 Å². The number of piperidine rings is 1. The molecular formula is C21H27NO5S2. The van der Waals surface area contributed by atoms with Gasteiger partial charge >= 0.3 is 0 Å². The smallest absolute Gasteiger partial charge is 0.177 e. The largest absolute Gasteiger partial charge is 0.508 e. The number of benzene rings is 2. The summed E-state index contributed by atoms with van der Waals surface area (Å²) in [5.41, 5.74) is 1.78. The van der Waals surface area contributed by atoms with E-state index in [4.69, 9.17) is 0 Å². The molecule has 1 N–H and O–H groups in total. The second kappa shape index (κ2) is 8.36. The minimum absolute atomic E-state index is 0.0189. The maximum Gasteiger partial charge on any atom is 0.177 e. The van der Waals surface area contributed by atoms with Crippen LogP contribution in [0.2, 0.25) is 0 Å². The van der Waals surface area contributed by atoms with Gasteiger partial charge in [0.2, 0.25) is 0 Å². The Bertz CT molecular complexity index is 1070. The molecule has 1 saturated heterocycles. The zero-order valence-electron chi connectivity index (χ0n) is 16.7. The first-order valence-corrected chi connectivity index (χ1v) is 13.4. The van der Waals surface area contributed by atoms with Gasteiger partial charge in [0.25, 0.3) is 0 Å². The molecule has 1 aliphatic rings. The molecule has 2 aromatic rings. The first kappa shape index (κ1) is 21.6. The van der Waals surface area contributed by atoms with E-state index in [0.29, 0.717) is 11.6 Å². The Hall–Kier alpha value is -2.06. The van der Waals surface area contributed by atoms with E-state index in [-0.39, 0.29) is 15.5 Å². The molecule has 8 heteroatoms. The Labute approximate surface area is 173 Å². The summed E-state index contributed by atoms with van der Waals surface area (Å²) in [4.78, 5) is 2.13. The molecular weight excluding hydrogens is 410 g/mol. The quantitative estimate of drug-likeness (QED) is 0.747. The van der Waals surface area contributed by atoms with Crippen molar-refractivity contribution < 1.29 is 21.9 Å². The molecule has 0 atom stereocenters. The van der Waals surface area contributed by atoms with Gasteiger partial charge in [0.15, 0.2) is 19.7 Å². The maximum absolute atomic E-state index is 12.3. The van der Waals surface area contributed by atoms with Crippen molar-refractivity contribution in [3.05, 3.63) is 48.0 Å². The van der Waals surface area contributed by atoms with Crippen LogP contribution in [-0.2, 0) is 26.1 Å². The molecule has 1 heterocycles. The van der Waals surface area contributed by atoms with E-state index in [1.165, 1.54) is 17.7 Å². The van der Waals surface area contributed by atoms with Crippen LogP contribution in [0.15, 0.2) is 52.3 Å². The number of aryl methyl sites for hydroxylation is 1. The van der Waals surface area contributed by atoms with Gasteiger partial charge in [-0.1, -0.05) is 12.1 Å². The van der Waals surface area contributed by atoms with Gasteiger partial charge in [0.1, 0.15) is 5.75 Å². The van der Waals surface area contributed by atoms with Gasteiger partial charge in [-0.2, -0.15) is 0 Å². The second-order valence-electron chi connectivity index (χ2n) is 7.81. The number of rotatable bonds is 6. The number of aromatic hydroxyl groups is 1. The van der Waals surface area contributed by atoms with E-state index in [1.807, 2.05) is 17.0 Å². The first-order chi connectivity index (χ1) is 13.5. The molecule has 0 aromatic heterocycles. The van der Waals surface area contributed by atoms with Gasteiger partial charge in [0.05, 0.1) is 15.5 Å². The monoisotopic (exact) mass is 437 g/mol. The normalized spacial score (nSPS) is 16.1. The molecule has 3 rings (SSSR count). The molecule has 0 spiro atoms. The Kier molecular flexibility index (Phi) is 6.24. The van der Waals surface area contributed by atoms with Crippen molar-refractivity contribution in [1.82, 2.24) is 0 Å². The number of hydrogen-bond donors (Lipinski definition) is 1. The predicted octanol–water partition coefficient (Wildman–Crippen LogP) is 3.05. The second-order valence-corrected chi connectivity index (χ2v) is 11.8. The van der Waals surface area contributed by atoms with Gasteiger partial charge in [-0.05, 0) is 67.5 Å². The SMILES string of the molecule is CS(=O)(=O)c1ccc(N2CCC(CCc3ccc(O)cc3)CC2)c(S(C)(=O)=O)c1. The van der Waals surface area contributed by atoms with Crippen molar-refractivity contribution in [2.24, 2.45) is 5.92 Å². The van der Waals surface area contributed by atoms with Crippen molar-refractivity contribution in [3.8, 4) is 5.75 Å². The average molecular weight is 438 g/mol. The molecule has 0 saturated carbocycles. The molecule has 1 fully saturated rings. The number of phenolic OH excluding ortho intramolecular Hbond substituents is 1. The lowest BCUT2D eigenvalue weighted by atomic mass is 9.90. The van der Waals surface area contributed by atoms with Crippen molar-refractivity contribution in [2.45, 2.75) is 35.5 Å². The molecule has 0 radical (unpaired) electrons. The molecule has 1 aliphatic heterocycles. The van der Waals surface area contributed by atoms with Crippen molar-refractivity contribution >= 4 is 25.4 Å². The van der Waals surface area contributed by atoms with E-state index in [1.54, 1.807) is 18.2 Å². The Morgan fingerprint density at radius 3 is 2.10 bits per heavy atom. The summed E-state index contributed by atoms with van der Waals surface area (Å²) in [6.07, 6.45) is 6.09. The number of anilines is 1. The van der Waals surface area contributed by atoms with Crippen LogP contribution in [0.25, 0.3) is 0 Å². The van der Waals surface area contributed by atoms with Crippen LogP contribution < -0.4 is 4.90 Å². The fraction of sp³-hybridized carbons (Fsp3) is 0.429. The zero-order valence-corrected chi connectivity index (χ0v) is 18.3. The summed E-state index contributed by atoms with van der Waals surface area (Å²) in [6, 6.07) is 11.6. The van der Waals surface area contributed by atoms with E-state index < -0.39 is 19.7 Å². The molecule has 158 valence electrons.